The predicted molar refractivity (Wildman–Crippen MR) is 68.6 cm³/mol. The highest BCUT2D eigenvalue weighted by molar-refractivity contribution is 9.10. The summed E-state index contributed by atoms with van der Waals surface area (Å²) in [5, 5.41) is 2.80. The van der Waals surface area contributed by atoms with E-state index < -0.39 is 0 Å². The standard InChI is InChI=1S/C12H16BrNO2/c1-8(2)16-7-11(15)14-10-6-4-5-9(3)12(10)13/h4-6,8H,7H2,1-3H3,(H,14,15). The van der Waals surface area contributed by atoms with Crippen LogP contribution in [0.1, 0.15) is 19.4 Å². The van der Waals surface area contributed by atoms with E-state index in [1.807, 2.05) is 39.0 Å². The summed E-state index contributed by atoms with van der Waals surface area (Å²) in [5.41, 5.74) is 1.86. The molecule has 0 spiro atoms. The van der Waals surface area contributed by atoms with Crippen LogP contribution in [-0.4, -0.2) is 18.6 Å². The van der Waals surface area contributed by atoms with Crippen molar-refractivity contribution in [1.29, 1.82) is 0 Å². The van der Waals surface area contributed by atoms with Crippen LogP contribution in [0.15, 0.2) is 22.7 Å². The SMILES string of the molecule is Cc1cccc(NC(=O)COC(C)C)c1Br. The number of amides is 1. The lowest BCUT2D eigenvalue weighted by Gasteiger charge is -2.10. The van der Waals surface area contributed by atoms with E-state index in [0.717, 1.165) is 15.7 Å². The van der Waals surface area contributed by atoms with E-state index >= 15 is 0 Å². The van der Waals surface area contributed by atoms with E-state index in [1.54, 1.807) is 0 Å². The average Bonchev–Trinajstić information content (AvgIpc) is 2.22. The Bertz CT molecular complexity index is 377. The van der Waals surface area contributed by atoms with E-state index in [0.29, 0.717) is 0 Å². The minimum atomic E-state index is -0.139. The molecule has 1 amide bonds. The smallest absolute Gasteiger partial charge is 0.250 e. The van der Waals surface area contributed by atoms with Crippen LogP contribution in [0.3, 0.4) is 0 Å². The molecule has 1 aromatic rings. The zero-order valence-corrected chi connectivity index (χ0v) is 11.3. The molecule has 0 radical (unpaired) electrons. The minimum absolute atomic E-state index is 0.0618. The van der Waals surface area contributed by atoms with Crippen LogP contribution in [0, 0.1) is 6.92 Å². The van der Waals surface area contributed by atoms with Gasteiger partial charge in [0.25, 0.3) is 0 Å². The summed E-state index contributed by atoms with van der Waals surface area (Å²) < 4.78 is 6.13. The summed E-state index contributed by atoms with van der Waals surface area (Å²) in [5.74, 6) is -0.139. The number of carbonyl (C=O) groups excluding carboxylic acids is 1. The summed E-state index contributed by atoms with van der Waals surface area (Å²) in [6, 6.07) is 5.73. The Labute approximate surface area is 104 Å². The van der Waals surface area contributed by atoms with Crippen LogP contribution in [0.25, 0.3) is 0 Å². The molecule has 0 saturated carbocycles. The van der Waals surface area contributed by atoms with Crippen molar-refractivity contribution in [2.45, 2.75) is 26.9 Å². The summed E-state index contributed by atoms with van der Waals surface area (Å²) in [7, 11) is 0. The van der Waals surface area contributed by atoms with Gasteiger partial charge in [0.05, 0.1) is 11.8 Å². The topological polar surface area (TPSA) is 38.3 Å². The monoisotopic (exact) mass is 285 g/mol. The maximum atomic E-state index is 11.5. The Morgan fingerprint density at radius 2 is 2.19 bits per heavy atom. The number of benzene rings is 1. The molecular weight excluding hydrogens is 270 g/mol. The Morgan fingerprint density at radius 3 is 2.81 bits per heavy atom. The number of halogens is 1. The maximum absolute atomic E-state index is 11.5. The highest BCUT2D eigenvalue weighted by Crippen LogP contribution is 2.25. The second kappa shape index (κ2) is 6.01. The van der Waals surface area contributed by atoms with Gasteiger partial charge < -0.3 is 10.1 Å². The second-order valence-electron chi connectivity index (χ2n) is 3.84. The first-order valence-corrected chi connectivity index (χ1v) is 5.96. The molecule has 0 aliphatic carbocycles. The number of hydrogen-bond donors (Lipinski definition) is 1. The van der Waals surface area contributed by atoms with Crippen LogP contribution in [0.4, 0.5) is 5.69 Å². The number of aryl methyl sites for hydroxylation is 1. The Kier molecular flexibility index (Phi) is 4.96. The van der Waals surface area contributed by atoms with Crippen LogP contribution < -0.4 is 5.32 Å². The van der Waals surface area contributed by atoms with Crippen LogP contribution in [-0.2, 0) is 9.53 Å². The normalized spacial score (nSPS) is 10.6. The zero-order chi connectivity index (χ0) is 12.1. The summed E-state index contributed by atoms with van der Waals surface area (Å²) in [6.45, 7) is 5.86. The van der Waals surface area contributed by atoms with Gasteiger partial charge in [-0.1, -0.05) is 12.1 Å². The van der Waals surface area contributed by atoms with Gasteiger partial charge in [0.15, 0.2) is 0 Å². The van der Waals surface area contributed by atoms with E-state index in [4.69, 9.17) is 4.74 Å². The lowest BCUT2D eigenvalue weighted by atomic mass is 10.2. The molecule has 0 bridgehead atoms. The summed E-state index contributed by atoms with van der Waals surface area (Å²) >= 11 is 3.43. The van der Waals surface area contributed by atoms with E-state index in [-0.39, 0.29) is 18.6 Å². The summed E-state index contributed by atoms with van der Waals surface area (Å²) in [4.78, 5) is 11.5. The zero-order valence-electron chi connectivity index (χ0n) is 9.71. The minimum Gasteiger partial charge on any atom is -0.369 e. The first kappa shape index (κ1) is 13.2. The van der Waals surface area contributed by atoms with Gasteiger partial charge in [-0.2, -0.15) is 0 Å². The van der Waals surface area contributed by atoms with Crippen molar-refractivity contribution in [3.8, 4) is 0 Å². The Morgan fingerprint density at radius 1 is 1.50 bits per heavy atom. The third kappa shape index (κ3) is 3.94. The van der Waals surface area contributed by atoms with Crippen molar-refractivity contribution in [1.82, 2.24) is 0 Å². The first-order chi connectivity index (χ1) is 7.50. The highest BCUT2D eigenvalue weighted by Gasteiger charge is 2.07. The lowest BCUT2D eigenvalue weighted by molar-refractivity contribution is -0.121. The molecule has 0 atom stereocenters. The molecule has 0 saturated heterocycles. The van der Waals surface area contributed by atoms with Gasteiger partial charge in [-0.3, -0.25) is 4.79 Å². The molecule has 1 rings (SSSR count). The fraction of sp³-hybridized carbons (Fsp3) is 0.417. The molecule has 0 aromatic heterocycles. The Balaban J connectivity index is 2.59. The van der Waals surface area contributed by atoms with Crippen LogP contribution in [0.2, 0.25) is 0 Å². The number of anilines is 1. The molecule has 0 heterocycles. The molecule has 1 N–H and O–H groups in total. The second-order valence-corrected chi connectivity index (χ2v) is 4.64. The molecule has 1 aromatic carbocycles. The molecule has 4 heteroatoms. The number of carbonyl (C=O) groups is 1. The van der Waals surface area contributed by atoms with Crippen molar-refractivity contribution in [2.75, 3.05) is 11.9 Å². The lowest BCUT2D eigenvalue weighted by Crippen LogP contribution is -2.20. The molecule has 16 heavy (non-hydrogen) atoms. The van der Waals surface area contributed by atoms with Crippen molar-refractivity contribution in [3.63, 3.8) is 0 Å². The molecule has 88 valence electrons. The van der Waals surface area contributed by atoms with Gasteiger partial charge >= 0.3 is 0 Å². The van der Waals surface area contributed by atoms with Crippen molar-refractivity contribution < 1.29 is 9.53 Å². The van der Waals surface area contributed by atoms with Gasteiger partial charge in [-0.15, -0.1) is 0 Å². The largest absolute Gasteiger partial charge is 0.369 e. The quantitative estimate of drug-likeness (QED) is 0.923. The van der Waals surface area contributed by atoms with Gasteiger partial charge in [0.1, 0.15) is 6.61 Å². The molecule has 3 nitrogen and oxygen atoms in total. The highest BCUT2D eigenvalue weighted by atomic mass is 79.9. The fourth-order valence-corrected chi connectivity index (χ4v) is 1.54. The summed E-state index contributed by atoms with van der Waals surface area (Å²) in [6.07, 6.45) is 0.0618. The van der Waals surface area contributed by atoms with Crippen LogP contribution in [0.5, 0.6) is 0 Å². The number of hydrogen-bond acceptors (Lipinski definition) is 2. The molecule has 0 aliphatic rings. The van der Waals surface area contributed by atoms with Crippen molar-refractivity contribution >= 4 is 27.5 Å². The first-order valence-electron chi connectivity index (χ1n) is 5.17. The van der Waals surface area contributed by atoms with Gasteiger partial charge in [0.2, 0.25) is 5.91 Å². The van der Waals surface area contributed by atoms with Crippen molar-refractivity contribution in [3.05, 3.63) is 28.2 Å². The van der Waals surface area contributed by atoms with Crippen molar-refractivity contribution in [2.24, 2.45) is 0 Å². The molecule has 0 unspecified atom stereocenters. The molecule has 0 fully saturated rings. The number of nitrogens with one attached hydrogen (secondary N) is 1. The van der Waals surface area contributed by atoms with E-state index in [2.05, 4.69) is 21.2 Å². The van der Waals surface area contributed by atoms with Gasteiger partial charge in [-0.05, 0) is 48.3 Å². The molecule has 0 aliphatic heterocycles. The maximum Gasteiger partial charge on any atom is 0.250 e. The van der Waals surface area contributed by atoms with E-state index in [9.17, 15) is 4.79 Å². The third-order valence-corrected chi connectivity index (χ3v) is 3.07. The predicted octanol–water partition coefficient (Wildman–Crippen LogP) is 3.12. The van der Waals surface area contributed by atoms with Crippen LogP contribution >= 0.6 is 15.9 Å². The average molecular weight is 286 g/mol. The Hall–Kier alpha value is -0.870. The third-order valence-electron chi connectivity index (χ3n) is 2.01. The van der Waals surface area contributed by atoms with E-state index in [1.165, 1.54) is 0 Å². The molecular formula is C12H16BrNO2. The fourth-order valence-electron chi connectivity index (χ4n) is 1.17. The van der Waals surface area contributed by atoms with Gasteiger partial charge in [0, 0.05) is 4.47 Å². The number of ether oxygens (including phenoxy) is 1. The number of rotatable bonds is 4. The van der Waals surface area contributed by atoms with Gasteiger partial charge in [-0.25, -0.2) is 0 Å².